The second-order valence-electron chi connectivity index (χ2n) is 9.45. The molecule has 0 unspecified atom stereocenters. The molecule has 7 nitrogen and oxygen atoms in total. The third-order valence-electron chi connectivity index (χ3n) is 6.67. The van der Waals surface area contributed by atoms with Crippen LogP contribution in [0.4, 0.5) is 4.79 Å². The molecular formula is C29H33N5O2. The number of aryl methyl sites for hydroxylation is 2. The Labute approximate surface area is 213 Å². The van der Waals surface area contributed by atoms with Crippen molar-refractivity contribution < 1.29 is 9.59 Å². The summed E-state index contributed by atoms with van der Waals surface area (Å²) in [5, 5.41) is 6.52. The second-order valence-corrected chi connectivity index (χ2v) is 9.45. The summed E-state index contributed by atoms with van der Waals surface area (Å²) in [5.74, 6) is 6.22. The number of nitrogens with one attached hydrogen (secondary N) is 1. The lowest BCUT2D eigenvalue weighted by Gasteiger charge is -2.32. The molecule has 0 atom stereocenters. The first-order valence-electron chi connectivity index (χ1n) is 12.2. The van der Waals surface area contributed by atoms with Gasteiger partial charge in [-0.25, -0.2) is 4.79 Å². The molecule has 2 heterocycles. The topological polar surface area (TPSA) is 70.5 Å². The van der Waals surface area contributed by atoms with E-state index in [2.05, 4.69) is 64.2 Å². The zero-order valence-electron chi connectivity index (χ0n) is 21.5. The zero-order chi connectivity index (χ0) is 25.7. The minimum Gasteiger partial charge on any atom is -0.339 e. The fraction of sp³-hybridized carbons (Fsp3) is 0.345. The number of likely N-dealkylation sites (N-methyl/N-ethyl adjacent to an activating group) is 1. The highest BCUT2D eigenvalue weighted by Crippen LogP contribution is 2.18. The SMILES string of the molecule is CNC(=O)n1cc(C#Cc2cc(C(=O)Cc3ccc(CN4CCN(C)CC4)c(C)c3)ccc2C)cn1. The van der Waals surface area contributed by atoms with E-state index in [0.717, 1.165) is 49.4 Å². The lowest BCUT2D eigenvalue weighted by molar-refractivity contribution is 0.0993. The molecule has 0 radical (unpaired) electrons. The summed E-state index contributed by atoms with van der Waals surface area (Å²) in [6.07, 6.45) is 3.47. The molecule has 7 heteroatoms. The number of nitrogens with zero attached hydrogens (tertiary/aromatic N) is 4. The number of carbonyl (C=O) groups excluding carboxylic acids is 2. The van der Waals surface area contributed by atoms with Crippen LogP contribution in [0.5, 0.6) is 0 Å². The molecular weight excluding hydrogens is 450 g/mol. The summed E-state index contributed by atoms with van der Waals surface area (Å²) in [4.78, 5) is 29.6. The van der Waals surface area contributed by atoms with Crippen molar-refractivity contribution in [2.45, 2.75) is 26.8 Å². The van der Waals surface area contributed by atoms with Crippen LogP contribution >= 0.6 is 0 Å². The molecule has 0 bridgehead atoms. The lowest BCUT2D eigenvalue weighted by atomic mass is 9.96. The van der Waals surface area contributed by atoms with Crippen molar-refractivity contribution in [3.63, 3.8) is 0 Å². The van der Waals surface area contributed by atoms with E-state index in [0.29, 0.717) is 17.5 Å². The Hall–Kier alpha value is -3.73. The van der Waals surface area contributed by atoms with Crippen LogP contribution in [0.1, 0.15) is 43.7 Å². The number of rotatable bonds is 5. The van der Waals surface area contributed by atoms with Gasteiger partial charge >= 0.3 is 6.03 Å². The number of aromatic nitrogens is 2. The maximum Gasteiger partial charge on any atom is 0.341 e. The van der Waals surface area contributed by atoms with Gasteiger partial charge in [0.1, 0.15) is 0 Å². The van der Waals surface area contributed by atoms with Gasteiger partial charge in [-0.3, -0.25) is 9.69 Å². The minimum absolute atomic E-state index is 0.0664. The van der Waals surface area contributed by atoms with Crippen molar-refractivity contribution in [3.8, 4) is 11.8 Å². The summed E-state index contributed by atoms with van der Waals surface area (Å²) in [6, 6.07) is 11.7. The third kappa shape index (κ3) is 6.28. The molecule has 0 spiro atoms. The van der Waals surface area contributed by atoms with Gasteiger partial charge in [0.05, 0.1) is 18.0 Å². The fourth-order valence-electron chi connectivity index (χ4n) is 4.26. The van der Waals surface area contributed by atoms with E-state index in [-0.39, 0.29) is 11.8 Å². The van der Waals surface area contributed by atoms with Crippen molar-refractivity contribution in [1.82, 2.24) is 24.9 Å². The zero-order valence-corrected chi connectivity index (χ0v) is 21.5. The summed E-state index contributed by atoms with van der Waals surface area (Å²) in [7, 11) is 3.72. The van der Waals surface area contributed by atoms with Crippen LogP contribution < -0.4 is 5.32 Å². The van der Waals surface area contributed by atoms with E-state index in [9.17, 15) is 9.59 Å². The number of piperazine rings is 1. The molecule has 1 amide bonds. The lowest BCUT2D eigenvalue weighted by Crippen LogP contribution is -2.43. The van der Waals surface area contributed by atoms with Crippen LogP contribution in [0.25, 0.3) is 0 Å². The number of Topliss-reactive ketones (excluding diaryl/α,β-unsaturated/α-hetero) is 1. The molecule has 1 aliphatic rings. The Morgan fingerprint density at radius 2 is 1.78 bits per heavy atom. The number of benzene rings is 2. The Bertz CT molecular complexity index is 1320. The monoisotopic (exact) mass is 483 g/mol. The van der Waals surface area contributed by atoms with Crippen molar-refractivity contribution in [3.05, 3.63) is 87.7 Å². The highest BCUT2D eigenvalue weighted by Gasteiger charge is 2.15. The highest BCUT2D eigenvalue weighted by atomic mass is 16.2. The standard InChI is InChI=1S/C29H33N5O2/c1-21-5-8-26(17-25(21)9-7-24-18-31-34(19-24)29(36)30-3)28(35)16-23-6-10-27(22(2)15-23)20-33-13-11-32(4)12-14-33/h5-6,8,10,15,17-19H,11-14,16,20H2,1-4H3,(H,30,36). The molecule has 1 aromatic heterocycles. The molecule has 0 aliphatic carbocycles. The Morgan fingerprint density at radius 1 is 1.00 bits per heavy atom. The Kier molecular flexibility index (Phi) is 7.99. The van der Waals surface area contributed by atoms with Gasteiger partial charge in [0.2, 0.25) is 0 Å². The van der Waals surface area contributed by atoms with Crippen molar-refractivity contribution in [2.75, 3.05) is 40.3 Å². The average Bonchev–Trinajstić information content (AvgIpc) is 3.35. The molecule has 0 saturated carbocycles. The van der Waals surface area contributed by atoms with Crippen LogP contribution in [0.3, 0.4) is 0 Å². The van der Waals surface area contributed by atoms with Crippen LogP contribution in [0, 0.1) is 25.7 Å². The number of hydrogen-bond donors (Lipinski definition) is 1. The molecule has 1 saturated heterocycles. The highest BCUT2D eigenvalue weighted by molar-refractivity contribution is 5.98. The third-order valence-corrected chi connectivity index (χ3v) is 6.67. The van der Waals surface area contributed by atoms with E-state index in [4.69, 9.17) is 0 Å². The number of carbonyl (C=O) groups is 2. The predicted octanol–water partition coefficient (Wildman–Crippen LogP) is 3.26. The second kappa shape index (κ2) is 11.3. The smallest absolute Gasteiger partial charge is 0.339 e. The predicted molar refractivity (Wildman–Crippen MR) is 141 cm³/mol. The summed E-state index contributed by atoms with van der Waals surface area (Å²) < 4.78 is 1.20. The van der Waals surface area contributed by atoms with Gasteiger partial charge in [-0.2, -0.15) is 9.78 Å². The minimum atomic E-state index is -0.325. The summed E-state index contributed by atoms with van der Waals surface area (Å²) in [5.41, 5.74) is 6.62. The maximum atomic E-state index is 13.1. The molecule has 1 N–H and O–H groups in total. The number of hydrogen-bond acceptors (Lipinski definition) is 5. The number of amides is 1. The van der Waals surface area contributed by atoms with Crippen LogP contribution in [-0.2, 0) is 13.0 Å². The summed E-state index contributed by atoms with van der Waals surface area (Å²) in [6.45, 7) is 9.44. The van der Waals surface area contributed by atoms with Gasteiger partial charge in [-0.05, 0) is 49.2 Å². The molecule has 2 aromatic carbocycles. The van der Waals surface area contributed by atoms with E-state index in [1.165, 1.54) is 15.8 Å². The van der Waals surface area contributed by atoms with Gasteiger partial charge in [0.15, 0.2) is 5.78 Å². The van der Waals surface area contributed by atoms with E-state index in [1.54, 1.807) is 19.4 Å². The first kappa shape index (κ1) is 25.4. The van der Waals surface area contributed by atoms with E-state index < -0.39 is 0 Å². The van der Waals surface area contributed by atoms with Crippen LogP contribution in [0.15, 0.2) is 48.8 Å². The molecule has 4 rings (SSSR count). The maximum absolute atomic E-state index is 13.1. The largest absolute Gasteiger partial charge is 0.341 e. The molecule has 1 aliphatic heterocycles. The first-order valence-corrected chi connectivity index (χ1v) is 12.2. The molecule has 36 heavy (non-hydrogen) atoms. The van der Waals surface area contributed by atoms with Crippen molar-refractivity contribution in [1.29, 1.82) is 0 Å². The summed E-state index contributed by atoms with van der Waals surface area (Å²) >= 11 is 0. The Balaban J connectivity index is 1.43. The molecule has 3 aromatic rings. The fourth-order valence-corrected chi connectivity index (χ4v) is 4.26. The van der Waals surface area contributed by atoms with Crippen LogP contribution in [0.2, 0.25) is 0 Å². The van der Waals surface area contributed by atoms with Gasteiger partial charge in [0.25, 0.3) is 0 Å². The van der Waals surface area contributed by atoms with Gasteiger partial charge in [-0.15, -0.1) is 0 Å². The van der Waals surface area contributed by atoms with Gasteiger partial charge in [-0.1, -0.05) is 42.2 Å². The number of ketones is 1. The van der Waals surface area contributed by atoms with Gasteiger partial charge in [0, 0.05) is 57.3 Å². The Morgan fingerprint density at radius 3 is 2.50 bits per heavy atom. The first-order chi connectivity index (χ1) is 17.3. The molecule has 1 fully saturated rings. The van der Waals surface area contributed by atoms with E-state index in [1.807, 2.05) is 25.1 Å². The molecule has 186 valence electrons. The van der Waals surface area contributed by atoms with Crippen LogP contribution in [-0.4, -0.2) is 71.7 Å². The normalized spacial score (nSPS) is 14.2. The van der Waals surface area contributed by atoms with Crippen molar-refractivity contribution >= 4 is 11.8 Å². The quantitative estimate of drug-likeness (QED) is 0.446. The average molecular weight is 484 g/mol. The van der Waals surface area contributed by atoms with E-state index >= 15 is 0 Å². The van der Waals surface area contributed by atoms with Gasteiger partial charge < -0.3 is 10.2 Å². The van der Waals surface area contributed by atoms with Crippen molar-refractivity contribution in [2.24, 2.45) is 0 Å².